The number of hydrogen-bond acceptors (Lipinski definition) is 5. The van der Waals surface area contributed by atoms with E-state index in [1.807, 2.05) is 17.0 Å². The Labute approximate surface area is 174 Å². The molecule has 0 saturated carbocycles. The number of anilines is 1. The largest absolute Gasteiger partial charge is 0.308 e. The van der Waals surface area contributed by atoms with E-state index < -0.39 is 0 Å². The highest BCUT2D eigenvalue weighted by Gasteiger charge is 2.30. The average Bonchev–Trinajstić information content (AvgIpc) is 3.15. The number of aryl methyl sites for hydroxylation is 3. The Bertz CT molecular complexity index is 1040. The number of thiophene rings is 1. The van der Waals surface area contributed by atoms with E-state index in [0.29, 0.717) is 5.75 Å². The minimum Gasteiger partial charge on any atom is -0.308 e. The molecule has 146 valence electrons. The third kappa shape index (κ3) is 3.44. The molecule has 1 aromatic carbocycles. The number of hydrogen-bond donors (Lipinski definition) is 0. The molecule has 0 bridgehead atoms. The summed E-state index contributed by atoms with van der Waals surface area (Å²) in [5.41, 5.74) is 3.55. The Morgan fingerprint density at radius 1 is 1.29 bits per heavy atom. The van der Waals surface area contributed by atoms with Crippen LogP contribution in [0, 0.1) is 13.8 Å². The van der Waals surface area contributed by atoms with E-state index in [0.717, 1.165) is 46.0 Å². The minimum absolute atomic E-state index is 0.149. The number of fused-ring (bicyclic) bond motifs is 2. The second-order valence-corrected chi connectivity index (χ2v) is 9.56. The van der Waals surface area contributed by atoms with E-state index in [9.17, 15) is 4.79 Å². The van der Waals surface area contributed by atoms with Gasteiger partial charge in [-0.2, -0.15) is 0 Å². The number of aromatic nitrogens is 2. The monoisotopic (exact) mass is 411 g/mol. The number of carbonyl (C=O) groups excluding carboxylic acids is 1. The number of amides is 1. The molecule has 28 heavy (non-hydrogen) atoms. The third-order valence-electron chi connectivity index (χ3n) is 5.32. The van der Waals surface area contributed by atoms with Gasteiger partial charge in [-0.3, -0.25) is 4.79 Å². The molecule has 0 saturated heterocycles. The maximum Gasteiger partial charge on any atom is 0.237 e. The first-order valence-corrected chi connectivity index (χ1v) is 11.6. The topological polar surface area (TPSA) is 46.1 Å². The molecule has 0 radical (unpaired) electrons. The van der Waals surface area contributed by atoms with Gasteiger partial charge in [0.2, 0.25) is 5.91 Å². The normalized spacial score (nSPS) is 16.0. The van der Waals surface area contributed by atoms with Gasteiger partial charge in [-0.1, -0.05) is 36.9 Å². The molecule has 0 fully saturated rings. The van der Waals surface area contributed by atoms with Crippen LogP contribution < -0.4 is 4.90 Å². The van der Waals surface area contributed by atoms with Gasteiger partial charge in [-0.05, 0) is 50.8 Å². The molecule has 0 spiro atoms. The Morgan fingerprint density at radius 3 is 2.86 bits per heavy atom. The minimum atomic E-state index is 0.149. The van der Waals surface area contributed by atoms with Crippen molar-refractivity contribution in [1.82, 2.24) is 9.97 Å². The number of nitrogens with zero attached hydrogens (tertiary/aromatic N) is 3. The van der Waals surface area contributed by atoms with Gasteiger partial charge in [-0.25, -0.2) is 9.97 Å². The molecule has 4 rings (SSSR count). The standard InChI is InChI=1S/C22H25N3OS2/c1-5-8-18-23-21(20-14(3)15(4)28-22(20)24-18)27-12-19(26)25-13(2)11-16-9-6-7-10-17(16)25/h6-7,9-10,13H,5,8,11-12H2,1-4H3/t13-/m0/s1. The third-order valence-corrected chi connectivity index (χ3v) is 7.38. The number of para-hydroxylation sites is 1. The molecule has 0 unspecified atom stereocenters. The first-order chi connectivity index (χ1) is 13.5. The van der Waals surface area contributed by atoms with E-state index in [4.69, 9.17) is 9.97 Å². The summed E-state index contributed by atoms with van der Waals surface area (Å²) < 4.78 is 0. The summed E-state index contributed by atoms with van der Waals surface area (Å²) in [4.78, 5) is 26.9. The lowest BCUT2D eigenvalue weighted by Gasteiger charge is -2.22. The number of rotatable bonds is 5. The lowest BCUT2D eigenvalue weighted by Crippen LogP contribution is -2.37. The van der Waals surface area contributed by atoms with Crippen molar-refractivity contribution in [1.29, 1.82) is 0 Å². The molecular formula is C22H25N3OS2. The zero-order valence-electron chi connectivity index (χ0n) is 16.8. The summed E-state index contributed by atoms with van der Waals surface area (Å²) >= 11 is 3.28. The van der Waals surface area contributed by atoms with E-state index in [1.54, 1.807) is 23.1 Å². The Balaban J connectivity index is 1.61. The van der Waals surface area contributed by atoms with Gasteiger partial charge in [0.15, 0.2) is 0 Å². The summed E-state index contributed by atoms with van der Waals surface area (Å²) in [6, 6.07) is 8.43. The van der Waals surface area contributed by atoms with Gasteiger partial charge < -0.3 is 4.90 Å². The summed E-state index contributed by atoms with van der Waals surface area (Å²) in [5, 5.41) is 2.07. The quantitative estimate of drug-likeness (QED) is 0.420. The van der Waals surface area contributed by atoms with Gasteiger partial charge in [0.25, 0.3) is 0 Å². The molecule has 4 nitrogen and oxygen atoms in total. The molecule has 1 amide bonds. The first-order valence-electron chi connectivity index (χ1n) is 9.79. The predicted molar refractivity (Wildman–Crippen MR) is 119 cm³/mol. The van der Waals surface area contributed by atoms with Crippen LogP contribution in [-0.2, 0) is 17.6 Å². The fourth-order valence-corrected chi connectivity index (χ4v) is 5.92. The van der Waals surface area contributed by atoms with Crippen LogP contribution in [0.2, 0.25) is 0 Å². The molecule has 2 aromatic heterocycles. The summed E-state index contributed by atoms with van der Waals surface area (Å²) in [6.45, 7) is 8.52. The fourth-order valence-electron chi connectivity index (χ4n) is 3.84. The van der Waals surface area contributed by atoms with Crippen molar-refractivity contribution in [2.24, 2.45) is 0 Å². The summed E-state index contributed by atoms with van der Waals surface area (Å²) in [6.07, 6.45) is 2.80. The molecule has 1 aliphatic heterocycles. The molecular weight excluding hydrogens is 386 g/mol. The van der Waals surface area contributed by atoms with Gasteiger partial charge in [0.05, 0.1) is 5.75 Å². The zero-order chi connectivity index (χ0) is 19.8. The smallest absolute Gasteiger partial charge is 0.237 e. The van der Waals surface area contributed by atoms with Gasteiger partial charge in [-0.15, -0.1) is 11.3 Å². The van der Waals surface area contributed by atoms with Crippen molar-refractivity contribution in [3.05, 3.63) is 46.1 Å². The van der Waals surface area contributed by atoms with Crippen LogP contribution in [0.4, 0.5) is 5.69 Å². The van der Waals surface area contributed by atoms with E-state index in [2.05, 4.69) is 39.8 Å². The van der Waals surface area contributed by atoms with Gasteiger partial charge in [0.1, 0.15) is 15.7 Å². The molecule has 0 N–H and O–H groups in total. The van der Waals surface area contributed by atoms with E-state index in [-0.39, 0.29) is 11.9 Å². The molecule has 1 atom stereocenters. The Morgan fingerprint density at radius 2 is 2.07 bits per heavy atom. The second kappa shape index (κ2) is 7.84. The van der Waals surface area contributed by atoms with Crippen molar-refractivity contribution in [3.8, 4) is 0 Å². The predicted octanol–water partition coefficient (Wildman–Crippen LogP) is 5.33. The van der Waals surface area contributed by atoms with Crippen LogP contribution in [-0.4, -0.2) is 27.7 Å². The lowest BCUT2D eigenvalue weighted by atomic mass is 10.1. The summed E-state index contributed by atoms with van der Waals surface area (Å²) in [7, 11) is 0. The highest BCUT2D eigenvalue weighted by molar-refractivity contribution is 8.00. The molecule has 1 aliphatic rings. The van der Waals surface area contributed by atoms with Crippen molar-refractivity contribution in [3.63, 3.8) is 0 Å². The Hall–Kier alpha value is -1.92. The van der Waals surface area contributed by atoms with Crippen molar-refractivity contribution >= 4 is 44.9 Å². The average molecular weight is 412 g/mol. The highest BCUT2D eigenvalue weighted by atomic mass is 32.2. The Kier molecular flexibility index (Phi) is 5.43. The van der Waals surface area contributed by atoms with E-state index in [1.165, 1.54) is 16.0 Å². The highest BCUT2D eigenvalue weighted by Crippen LogP contribution is 2.37. The van der Waals surface area contributed by atoms with Crippen LogP contribution in [0.1, 0.15) is 42.1 Å². The summed E-state index contributed by atoms with van der Waals surface area (Å²) in [5.74, 6) is 1.42. The van der Waals surface area contributed by atoms with Gasteiger partial charge in [0, 0.05) is 28.4 Å². The second-order valence-electron chi connectivity index (χ2n) is 7.39. The molecule has 3 heterocycles. The number of carbonyl (C=O) groups is 1. The van der Waals surface area contributed by atoms with Crippen LogP contribution in [0.15, 0.2) is 29.3 Å². The van der Waals surface area contributed by atoms with Crippen molar-refractivity contribution < 1.29 is 4.79 Å². The van der Waals surface area contributed by atoms with Crippen molar-refractivity contribution in [2.45, 2.75) is 58.0 Å². The van der Waals surface area contributed by atoms with Crippen LogP contribution >= 0.6 is 23.1 Å². The van der Waals surface area contributed by atoms with Gasteiger partial charge >= 0.3 is 0 Å². The number of benzene rings is 1. The molecule has 0 aliphatic carbocycles. The maximum absolute atomic E-state index is 13.1. The first kappa shape index (κ1) is 19.4. The van der Waals surface area contributed by atoms with Crippen molar-refractivity contribution in [2.75, 3.05) is 10.7 Å². The van der Waals surface area contributed by atoms with E-state index >= 15 is 0 Å². The fraction of sp³-hybridized carbons (Fsp3) is 0.409. The lowest BCUT2D eigenvalue weighted by molar-refractivity contribution is -0.116. The number of thioether (sulfide) groups is 1. The SMILES string of the molecule is CCCc1nc(SCC(=O)N2c3ccccc3C[C@@H]2C)c2c(C)c(C)sc2n1. The molecule has 6 heteroatoms. The zero-order valence-corrected chi connectivity index (χ0v) is 18.4. The van der Waals surface area contributed by atoms with Crippen LogP contribution in [0.25, 0.3) is 10.2 Å². The molecule has 3 aromatic rings. The maximum atomic E-state index is 13.1. The van der Waals surface area contributed by atoms with Crippen LogP contribution in [0.5, 0.6) is 0 Å². The van der Waals surface area contributed by atoms with Crippen LogP contribution in [0.3, 0.4) is 0 Å².